The van der Waals surface area contributed by atoms with Crippen molar-refractivity contribution in [1.82, 2.24) is 0 Å². The van der Waals surface area contributed by atoms with Gasteiger partial charge < -0.3 is 14.2 Å². The summed E-state index contributed by atoms with van der Waals surface area (Å²) in [4.78, 5) is 37.9. The van der Waals surface area contributed by atoms with Crippen LogP contribution in [0, 0.1) is 5.92 Å². The molecule has 0 rings (SSSR count). The van der Waals surface area contributed by atoms with E-state index >= 15 is 0 Å². The average Bonchev–Trinajstić information content (AvgIpc) is 3.25. The van der Waals surface area contributed by atoms with Gasteiger partial charge in [0.05, 0.1) is 0 Å². The van der Waals surface area contributed by atoms with Gasteiger partial charge in [-0.15, -0.1) is 0 Å². The number of rotatable bonds is 49. The summed E-state index contributed by atoms with van der Waals surface area (Å²) in [5, 5.41) is 0. The summed E-state index contributed by atoms with van der Waals surface area (Å²) in [6, 6.07) is 0. The molecule has 1 unspecified atom stereocenters. The van der Waals surface area contributed by atoms with Gasteiger partial charge in [-0.3, -0.25) is 14.4 Å². The molecule has 0 aromatic heterocycles. The van der Waals surface area contributed by atoms with Crippen LogP contribution in [-0.4, -0.2) is 37.2 Å². The van der Waals surface area contributed by atoms with Gasteiger partial charge in [-0.25, -0.2) is 0 Å². The zero-order valence-electron chi connectivity index (χ0n) is 40.9. The lowest BCUT2D eigenvalue weighted by Gasteiger charge is -2.18. The summed E-state index contributed by atoms with van der Waals surface area (Å²) in [7, 11) is 0. The summed E-state index contributed by atoms with van der Waals surface area (Å²) >= 11 is 0. The van der Waals surface area contributed by atoms with Crippen LogP contribution in [0.25, 0.3) is 0 Å². The van der Waals surface area contributed by atoms with E-state index in [2.05, 4.69) is 27.7 Å². The number of carbonyl (C=O) groups excluding carboxylic acids is 3. The number of hydrogen-bond donors (Lipinski definition) is 0. The van der Waals surface area contributed by atoms with E-state index in [1.807, 2.05) is 0 Å². The molecule has 0 radical (unpaired) electrons. The van der Waals surface area contributed by atoms with E-state index in [4.69, 9.17) is 14.2 Å². The number of ether oxygens (including phenoxy) is 3. The SMILES string of the molecule is CCCCCCCCCCCCCCCCCCCCCC(=O)OC[C@@H](COC(=O)CCCCCCCCCCCCC)OC(=O)CCCCCCCCCCC(C)CC. The highest BCUT2D eigenvalue weighted by Gasteiger charge is 2.19. The van der Waals surface area contributed by atoms with Crippen LogP contribution in [-0.2, 0) is 28.6 Å². The van der Waals surface area contributed by atoms with Crippen LogP contribution in [0.3, 0.4) is 0 Å². The van der Waals surface area contributed by atoms with Crippen molar-refractivity contribution < 1.29 is 28.6 Å². The Hall–Kier alpha value is -1.59. The summed E-state index contributed by atoms with van der Waals surface area (Å²) < 4.78 is 16.8. The summed E-state index contributed by atoms with van der Waals surface area (Å²) in [5.74, 6) is -0.000341. The highest BCUT2D eigenvalue weighted by atomic mass is 16.6. The molecule has 0 aromatic carbocycles. The predicted octanol–water partition coefficient (Wildman–Crippen LogP) is 17.5. The summed E-state index contributed by atoms with van der Waals surface area (Å²) in [5.41, 5.74) is 0. The smallest absolute Gasteiger partial charge is 0.306 e. The Kier molecular flexibility index (Phi) is 47.2. The Morgan fingerprint density at radius 1 is 0.333 bits per heavy atom. The Balaban J connectivity index is 4.24. The third kappa shape index (κ3) is 45.9. The molecule has 6 nitrogen and oxygen atoms in total. The third-order valence-corrected chi connectivity index (χ3v) is 12.7. The van der Waals surface area contributed by atoms with Crippen LogP contribution in [0.1, 0.15) is 304 Å². The molecule has 0 amide bonds. The molecule has 0 aliphatic heterocycles. The summed E-state index contributed by atoms with van der Waals surface area (Å²) in [6.45, 7) is 9.03. The third-order valence-electron chi connectivity index (χ3n) is 12.7. The molecule has 356 valence electrons. The van der Waals surface area contributed by atoms with Gasteiger partial charge in [-0.05, 0) is 25.2 Å². The molecule has 0 aliphatic rings. The first-order chi connectivity index (χ1) is 29.4. The fraction of sp³-hybridized carbons (Fsp3) is 0.944. The van der Waals surface area contributed by atoms with Crippen LogP contribution in [0.2, 0.25) is 0 Å². The molecule has 60 heavy (non-hydrogen) atoms. The van der Waals surface area contributed by atoms with Crippen LogP contribution < -0.4 is 0 Å². The zero-order valence-corrected chi connectivity index (χ0v) is 40.9. The van der Waals surface area contributed by atoms with Gasteiger partial charge in [0, 0.05) is 19.3 Å². The maximum Gasteiger partial charge on any atom is 0.306 e. The summed E-state index contributed by atoms with van der Waals surface area (Å²) in [6.07, 6.45) is 50.9. The second-order valence-electron chi connectivity index (χ2n) is 18.8. The first-order valence-electron chi connectivity index (χ1n) is 26.9. The highest BCUT2D eigenvalue weighted by molar-refractivity contribution is 5.71. The average molecular weight is 849 g/mol. The van der Waals surface area contributed by atoms with Crippen molar-refractivity contribution in [2.75, 3.05) is 13.2 Å². The molecule has 6 heteroatoms. The molecule has 0 saturated carbocycles. The molecule has 0 aliphatic carbocycles. The van der Waals surface area contributed by atoms with Crippen LogP contribution in [0.4, 0.5) is 0 Å². The molecule has 0 heterocycles. The quantitative estimate of drug-likeness (QED) is 0.0345. The highest BCUT2D eigenvalue weighted by Crippen LogP contribution is 2.18. The van der Waals surface area contributed by atoms with Gasteiger partial charge in [0.1, 0.15) is 13.2 Å². The Bertz CT molecular complexity index is 905. The lowest BCUT2D eigenvalue weighted by Crippen LogP contribution is -2.30. The zero-order chi connectivity index (χ0) is 43.8. The molecule has 2 atom stereocenters. The molecular weight excluding hydrogens is 745 g/mol. The van der Waals surface area contributed by atoms with E-state index in [1.165, 1.54) is 199 Å². The van der Waals surface area contributed by atoms with E-state index in [0.717, 1.165) is 63.7 Å². The van der Waals surface area contributed by atoms with Crippen molar-refractivity contribution in [2.45, 2.75) is 310 Å². The van der Waals surface area contributed by atoms with Gasteiger partial charge in [-0.1, -0.05) is 265 Å². The minimum absolute atomic E-state index is 0.0630. The van der Waals surface area contributed by atoms with Crippen LogP contribution in [0.5, 0.6) is 0 Å². The van der Waals surface area contributed by atoms with E-state index in [-0.39, 0.29) is 31.1 Å². The number of hydrogen-bond acceptors (Lipinski definition) is 6. The van der Waals surface area contributed by atoms with Crippen molar-refractivity contribution >= 4 is 17.9 Å². The van der Waals surface area contributed by atoms with E-state index in [9.17, 15) is 14.4 Å². The largest absolute Gasteiger partial charge is 0.462 e. The minimum atomic E-state index is -0.761. The van der Waals surface area contributed by atoms with Crippen molar-refractivity contribution in [1.29, 1.82) is 0 Å². The molecule has 0 spiro atoms. The maximum absolute atomic E-state index is 12.8. The van der Waals surface area contributed by atoms with Crippen molar-refractivity contribution in [3.05, 3.63) is 0 Å². The Labute approximate surface area is 374 Å². The lowest BCUT2D eigenvalue weighted by molar-refractivity contribution is -0.167. The van der Waals surface area contributed by atoms with Gasteiger partial charge in [0.15, 0.2) is 6.10 Å². The lowest BCUT2D eigenvalue weighted by atomic mass is 9.99. The van der Waals surface area contributed by atoms with E-state index < -0.39 is 6.10 Å². The van der Waals surface area contributed by atoms with Crippen molar-refractivity contribution in [3.8, 4) is 0 Å². The molecule has 0 aromatic rings. The molecule has 0 fully saturated rings. The second kappa shape index (κ2) is 48.4. The monoisotopic (exact) mass is 849 g/mol. The second-order valence-corrected chi connectivity index (χ2v) is 18.8. The topological polar surface area (TPSA) is 78.9 Å². The minimum Gasteiger partial charge on any atom is -0.462 e. The predicted molar refractivity (Wildman–Crippen MR) is 257 cm³/mol. The number of esters is 3. The van der Waals surface area contributed by atoms with Gasteiger partial charge in [-0.2, -0.15) is 0 Å². The van der Waals surface area contributed by atoms with Gasteiger partial charge >= 0.3 is 17.9 Å². The molecule has 0 saturated heterocycles. The van der Waals surface area contributed by atoms with Crippen molar-refractivity contribution in [2.24, 2.45) is 5.92 Å². The first-order valence-corrected chi connectivity index (χ1v) is 26.9. The van der Waals surface area contributed by atoms with E-state index in [1.54, 1.807) is 0 Å². The standard InChI is InChI=1S/C54H104O6/c1-5-8-10-12-14-16-18-19-20-21-22-23-24-25-27-29-34-38-42-46-53(56)59-49-51(48-58-52(55)45-41-37-33-28-26-17-15-13-11-9-6-2)60-54(57)47-43-39-35-31-30-32-36-40-44-50(4)7-3/h50-51H,5-49H2,1-4H3/t50?,51-/m1/s1. The maximum atomic E-state index is 12.8. The Morgan fingerprint density at radius 2 is 0.583 bits per heavy atom. The van der Waals surface area contributed by atoms with Gasteiger partial charge in [0.2, 0.25) is 0 Å². The fourth-order valence-corrected chi connectivity index (χ4v) is 8.19. The van der Waals surface area contributed by atoms with E-state index in [0.29, 0.717) is 19.3 Å². The van der Waals surface area contributed by atoms with Crippen LogP contribution >= 0.6 is 0 Å². The molecule has 0 N–H and O–H groups in total. The number of carbonyl (C=O) groups is 3. The van der Waals surface area contributed by atoms with Gasteiger partial charge in [0.25, 0.3) is 0 Å². The first kappa shape index (κ1) is 58.4. The molecular formula is C54H104O6. The Morgan fingerprint density at radius 3 is 0.867 bits per heavy atom. The fourth-order valence-electron chi connectivity index (χ4n) is 8.19. The van der Waals surface area contributed by atoms with Crippen LogP contribution in [0.15, 0.2) is 0 Å². The molecule has 0 bridgehead atoms. The number of unbranched alkanes of at least 4 members (excludes halogenated alkanes) is 35. The van der Waals surface area contributed by atoms with Crippen molar-refractivity contribution in [3.63, 3.8) is 0 Å². The normalized spacial score (nSPS) is 12.4.